The Bertz CT molecular complexity index is 299. The van der Waals surface area contributed by atoms with E-state index in [1.165, 1.54) is 6.42 Å². The summed E-state index contributed by atoms with van der Waals surface area (Å²) in [6, 6.07) is -0.0372. The molecule has 2 amide bonds. The van der Waals surface area contributed by atoms with E-state index in [-0.39, 0.29) is 11.8 Å². The van der Waals surface area contributed by atoms with Crippen LogP contribution in [0.2, 0.25) is 0 Å². The van der Waals surface area contributed by atoms with E-state index in [4.69, 9.17) is 0 Å². The summed E-state index contributed by atoms with van der Waals surface area (Å²) in [5.41, 5.74) is 0. The molecule has 1 atom stereocenters. The zero-order valence-corrected chi connectivity index (χ0v) is 12.4. The maximum Gasteiger partial charge on any atom is 0.244 e. The molecular weight excluding hydrogens is 242 g/mol. The first-order chi connectivity index (χ1) is 9.00. The molecule has 0 bridgehead atoms. The quantitative estimate of drug-likeness (QED) is 0.753. The highest BCUT2D eigenvalue weighted by atomic mass is 16.2. The number of piperidine rings is 1. The molecule has 1 fully saturated rings. The summed E-state index contributed by atoms with van der Waals surface area (Å²) < 4.78 is 0. The number of amides is 2. The maximum absolute atomic E-state index is 12.1. The van der Waals surface area contributed by atoms with E-state index < -0.39 is 6.04 Å². The van der Waals surface area contributed by atoms with Gasteiger partial charge in [-0.15, -0.1) is 0 Å². The highest BCUT2D eigenvalue weighted by Crippen LogP contribution is 2.09. The summed E-state index contributed by atoms with van der Waals surface area (Å²) >= 11 is 0. The molecular formula is C14H27N3O2. The number of carbonyl (C=O) groups is 2. The van der Waals surface area contributed by atoms with Crippen LogP contribution in [0, 0.1) is 0 Å². The van der Waals surface area contributed by atoms with Crippen LogP contribution in [0.5, 0.6) is 0 Å². The predicted octanol–water partition coefficient (Wildman–Crippen LogP) is 0.892. The van der Waals surface area contributed by atoms with Gasteiger partial charge in [0.1, 0.15) is 6.04 Å². The fourth-order valence-electron chi connectivity index (χ4n) is 2.24. The van der Waals surface area contributed by atoms with Gasteiger partial charge in [0.05, 0.1) is 0 Å². The Morgan fingerprint density at radius 3 is 2.32 bits per heavy atom. The van der Waals surface area contributed by atoms with E-state index >= 15 is 0 Å². The first-order valence-electron chi connectivity index (χ1n) is 7.32. The Morgan fingerprint density at radius 2 is 1.74 bits per heavy atom. The summed E-state index contributed by atoms with van der Waals surface area (Å²) in [7, 11) is 0. The van der Waals surface area contributed by atoms with Crippen molar-refractivity contribution in [2.24, 2.45) is 0 Å². The molecule has 1 unspecified atom stereocenters. The van der Waals surface area contributed by atoms with Gasteiger partial charge in [-0.2, -0.15) is 0 Å². The topological polar surface area (TPSA) is 61.4 Å². The molecule has 5 heteroatoms. The van der Waals surface area contributed by atoms with Crippen molar-refractivity contribution in [3.05, 3.63) is 0 Å². The number of carbonyl (C=O) groups excluding carboxylic acids is 2. The first kappa shape index (κ1) is 16.0. The number of nitrogens with zero attached hydrogens (tertiary/aromatic N) is 1. The van der Waals surface area contributed by atoms with Gasteiger partial charge in [0.15, 0.2) is 0 Å². The molecule has 1 rings (SSSR count). The molecule has 0 saturated carbocycles. The van der Waals surface area contributed by atoms with Gasteiger partial charge >= 0.3 is 0 Å². The van der Waals surface area contributed by atoms with Crippen molar-refractivity contribution in [2.75, 3.05) is 19.6 Å². The molecule has 0 aliphatic carbocycles. The first-order valence-corrected chi connectivity index (χ1v) is 7.32. The monoisotopic (exact) mass is 269 g/mol. The second kappa shape index (κ2) is 8.15. The van der Waals surface area contributed by atoms with Gasteiger partial charge in [-0.3, -0.25) is 9.59 Å². The summed E-state index contributed by atoms with van der Waals surface area (Å²) in [6.45, 7) is 8.15. The van der Waals surface area contributed by atoms with Crippen LogP contribution in [0.15, 0.2) is 0 Å². The van der Waals surface area contributed by atoms with Gasteiger partial charge in [-0.05, 0) is 26.2 Å². The van der Waals surface area contributed by atoms with E-state index in [2.05, 4.69) is 10.6 Å². The third-order valence-corrected chi connectivity index (χ3v) is 3.32. The lowest BCUT2D eigenvalue weighted by atomic mass is 10.1. The van der Waals surface area contributed by atoms with E-state index in [0.717, 1.165) is 25.9 Å². The van der Waals surface area contributed by atoms with Gasteiger partial charge in [-0.25, -0.2) is 0 Å². The molecule has 0 aromatic heterocycles. The van der Waals surface area contributed by atoms with Gasteiger partial charge in [-0.1, -0.05) is 13.8 Å². The number of hydrogen-bond acceptors (Lipinski definition) is 3. The number of nitrogens with one attached hydrogen (secondary N) is 2. The summed E-state index contributed by atoms with van der Waals surface area (Å²) in [5, 5.41) is 5.97. The minimum absolute atomic E-state index is 0.0462. The molecule has 0 radical (unpaired) electrons. The smallest absolute Gasteiger partial charge is 0.244 e. The van der Waals surface area contributed by atoms with Crippen molar-refractivity contribution in [2.45, 2.75) is 58.5 Å². The second-order valence-corrected chi connectivity index (χ2v) is 5.53. The van der Waals surface area contributed by atoms with Crippen molar-refractivity contribution in [3.8, 4) is 0 Å². The van der Waals surface area contributed by atoms with Crippen molar-refractivity contribution >= 4 is 11.8 Å². The molecule has 5 nitrogen and oxygen atoms in total. The fourth-order valence-corrected chi connectivity index (χ4v) is 2.24. The Balaban J connectivity index is 2.26. The maximum atomic E-state index is 12.1. The third kappa shape index (κ3) is 6.05. The number of rotatable bonds is 6. The Kier molecular flexibility index (Phi) is 6.84. The van der Waals surface area contributed by atoms with Crippen molar-refractivity contribution < 1.29 is 9.59 Å². The number of likely N-dealkylation sites (tertiary alicyclic amines) is 1. The lowest BCUT2D eigenvalue weighted by Crippen LogP contribution is -2.48. The molecule has 0 aromatic carbocycles. The highest BCUT2D eigenvalue weighted by molar-refractivity contribution is 5.87. The average Bonchev–Trinajstić information content (AvgIpc) is 2.38. The Hall–Kier alpha value is -1.10. The minimum Gasteiger partial charge on any atom is -0.345 e. The van der Waals surface area contributed by atoms with Crippen LogP contribution in [-0.2, 0) is 9.59 Å². The molecule has 0 aromatic rings. The minimum atomic E-state index is -0.412. The van der Waals surface area contributed by atoms with E-state index in [0.29, 0.717) is 19.0 Å². The van der Waals surface area contributed by atoms with Gasteiger partial charge in [0.25, 0.3) is 0 Å². The van der Waals surface area contributed by atoms with E-state index in [9.17, 15) is 9.59 Å². The van der Waals surface area contributed by atoms with E-state index in [1.54, 1.807) is 6.92 Å². The average molecular weight is 269 g/mol. The van der Waals surface area contributed by atoms with Crippen LogP contribution in [0.1, 0.15) is 46.5 Å². The highest BCUT2D eigenvalue weighted by Gasteiger charge is 2.22. The van der Waals surface area contributed by atoms with Crippen LogP contribution in [0.25, 0.3) is 0 Å². The molecule has 1 aliphatic rings. The SMILES string of the molecule is CC(C)NCCC(=O)NC(C)C(=O)N1CCCCC1. The summed E-state index contributed by atoms with van der Waals surface area (Å²) in [4.78, 5) is 25.7. The van der Waals surface area contributed by atoms with Crippen molar-refractivity contribution in [3.63, 3.8) is 0 Å². The van der Waals surface area contributed by atoms with Gasteiger partial charge < -0.3 is 15.5 Å². The zero-order valence-electron chi connectivity index (χ0n) is 12.4. The molecule has 1 saturated heterocycles. The summed E-state index contributed by atoms with van der Waals surface area (Å²) in [5.74, 6) is -0.0177. The lowest BCUT2D eigenvalue weighted by molar-refractivity contribution is -0.136. The van der Waals surface area contributed by atoms with Gasteiger partial charge in [0.2, 0.25) is 11.8 Å². The Labute approximate surface area is 116 Å². The van der Waals surface area contributed by atoms with Crippen LogP contribution >= 0.6 is 0 Å². The molecule has 1 heterocycles. The van der Waals surface area contributed by atoms with Gasteiger partial charge in [0, 0.05) is 32.1 Å². The molecule has 110 valence electrons. The largest absolute Gasteiger partial charge is 0.345 e. The predicted molar refractivity (Wildman–Crippen MR) is 75.8 cm³/mol. The number of hydrogen-bond donors (Lipinski definition) is 2. The fraction of sp³-hybridized carbons (Fsp3) is 0.857. The molecule has 2 N–H and O–H groups in total. The molecule has 1 aliphatic heterocycles. The standard InChI is InChI=1S/C14H27N3O2/c1-11(2)15-8-7-13(18)16-12(3)14(19)17-9-5-4-6-10-17/h11-12,15H,4-10H2,1-3H3,(H,16,18). The van der Waals surface area contributed by atoms with Crippen LogP contribution in [0.4, 0.5) is 0 Å². The molecule has 19 heavy (non-hydrogen) atoms. The summed E-state index contributed by atoms with van der Waals surface area (Å²) in [6.07, 6.45) is 3.76. The van der Waals surface area contributed by atoms with E-state index in [1.807, 2.05) is 18.7 Å². The second-order valence-electron chi connectivity index (χ2n) is 5.53. The Morgan fingerprint density at radius 1 is 1.11 bits per heavy atom. The van der Waals surface area contributed by atoms with Crippen molar-refractivity contribution in [1.29, 1.82) is 0 Å². The van der Waals surface area contributed by atoms with Crippen molar-refractivity contribution in [1.82, 2.24) is 15.5 Å². The lowest BCUT2D eigenvalue weighted by Gasteiger charge is -2.29. The van der Waals surface area contributed by atoms with Crippen LogP contribution in [0.3, 0.4) is 0 Å². The zero-order chi connectivity index (χ0) is 14.3. The van der Waals surface area contributed by atoms with Crippen LogP contribution in [-0.4, -0.2) is 48.4 Å². The third-order valence-electron chi connectivity index (χ3n) is 3.32. The normalized spacial score (nSPS) is 17.4. The van der Waals surface area contributed by atoms with Crippen LogP contribution < -0.4 is 10.6 Å². The molecule has 0 spiro atoms.